The molecule has 0 aromatic carbocycles. The maximum atomic E-state index is 3.58. The predicted molar refractivity (Wildman–Crippen MR) is 49.6 cm³/mol. The maximum Gasteiger partial charge on any atom is 0.0144 e. The predicted octanol–water partition coefficient (Wildman–Crippen LogP) is 2.42. The van der Waals surface area contributed by atoms with Gasteiger partial charge in [0, 0.05) is 6.04 Å². The molecule has 1 unspecified atom stereocenters. The van der Waals surface area contributed by atoms with Crippen molar-refractivity contribution in [3.8, 4) is 0 Å². The Hall–Kier alpha value is -0.0400. The summed E-state index contributed by atoms with van der Waals surface area (Å²) in [7, 11) is 0. The Bertz CT molecular complexity index is 119. The smallest absolute Gasteiger partial charge is 0.0144 e. The number of nitrogens with one attached hydrogen (secondary N) is 1. The molecule has 0 saturated heterocycles. The molecule has 0 spiro atoms. The third-order valence-corrected chi connectivity index (χ3v) is 2.45. The first-order chi connectivity index (χ1) is 5.05. The van der Waals surface area contributed by atoms with E-state index in [0.29, 0.717) is 5.41 Å². The second-order valence-corrected chi connectivity index (χ2v) is 4.74. The minimum atomic E-state index is 0.442. The van der Waals surface area contributed by atoms with E-state index in [9.17, 15) is 0 Å². The van der Waals surface area contributed by atoms with Gasteiger partial charge in [-0.2, -0.15) is 0 Å². The summed E-state index contributed by atoms with van der Waals surface area (Å²) >= 11 is 0. The normalized spacial score (nSPS) is 21.8. The first-order valence-electron chi connectivity index (χ1n) is 4.79. The standard InChI is InChI=1S/C10H21N/c1-5-11-9(8-6-7-8)10(2,3)4/h8-9,11H,5-7H2,1-4H3. The van der Waals surface area contributed by atoms with Crippen molar-refractivity contribution in [1.29, 1.82) is 0 Å². The molecule has 1 nitrogen and oxygen atoms in total. The third kappa shape index (κ3) is 2.48. The molecule has 1 heteroatoms. The largest absolute Gasteiger partial charge is 0.313 e. The highest BCUT2D eigenvalue weighted by molar-refractivity contribution is 4.93. The van der Waals surface area contributed by atoms with E-state index in [-0.39, 0.29) is 0 Å². The van der Waals surface area contributed by atoms with Gasteiger partial charge >= 0.3 is 0 Å². The average molecular weight is 155 g/mol. The van der Waals surface area contributed by atoms with Crippen molar-refractivity contribution in [3.63, 3.8) is 0 Å². The van der Waals surface area contributed by atoms with Crippen molar-refractivity contribution < 1.29 is 0 Å². The summed E-state index contributed by atoms with van der Waals surface area (Å²) in [5, 5.41) is 3.58. The van der Waals surface area contributed by atoms with Crippen molar-refractivity contribution in [2.45, 2.75) is 46.6 Å². The highest BCUT2D eigenvalue weighted by Gasteiger charge is 2.37. The van der Waals surface area contributed by atoms with E-state index in [1.807, 2.05) is 0 Å². The van der Waals surface area contributed by atoms with Crippen LogP contribution in [0, 0.1) is 11.3 Å². The molecule has 0 aromatic rings. The minimum Gasteiger partial charge on any atom is -0.313 e. The second kappa shape index (κ2) is 3.14. The summed E-state index contributed by atoms with van der Waals surface area (Å²) in [5.74, 6) is 0.968. The number of hydrogen-bond donors (Lipinski definition) is 1. The van der Waals surface area contributed by atoms with Crippen LogP contribution < -0.4 is 5.32 Å². The fraction of sp³-hybridized carbons (Fsp3) is 1.00. The quantitative estimate of drug-likeness (QED) is 0.660. The third-order valence-electron chi connectivity index (χ3n) is 2.45. The van der Waals surface area contributed by atoms with Crippen LogP contribution in [-0.4, -0.2) is 12.6 Å². The molecule has 66 valence electrons. The molecule has 11 heavy (non-hydrogen) atoms. The van der Waals surface area contributed by atoms with Crippen molar-refractivity contribution >= 4 is 0 Å². The zero-order valence-electron chi connectivity index (χ0n) is 8.28. The van der Waals surface area contributed by atoms with Crippen LogP contribution in [0.2, 0.25) is 0 Å². The van der Waals surface area contributed by atoms with E-state index in [2.05, 4.69) is 33.0 Å². The molecule has 0 amide bonds. The molecule has 0 heterocycles. The average Bonchev–Trinajstić information content (AvgIpc) is 2.61. The molecular formula is C10H21N. The Labute approximate surface area is 70.6 Å². The molecule has 1 N–H and O–H groups in total. The van der Waals surface area contributed by atoms with Gasteiger partial charge in [0.1, 0.15) is 0 Å². The van der Waals surface area contributed by atoms with Crippen LogP contribution in [0.1, 0.15) is 40.5 Å². The molecule has 1 rings (SSSR count). The molecule has 0 radical (unpaired) electrons. The molecule has 1 aliphatic rings. The van der Waals surface area contributed by atoms with Gasteiger partial charge in [0.15, 0.2) is 0 Å². The van der Waals surface area contributed by atoms with E-state index in [4.69, 9.17) is 0 Å². The maximum absolute atomic E-state index is 3.58. The van der Waals surface area contributed by atoms with Gasteiger partial charge in [-0.3, -0.25) is 0 Å². The summed E-state index contributed by atoms with van der Waals surface area (Å²) in [6.07, 6.45) is 2.88. The van der Waals surface area contributed by atoms with Crippen LogP contribution in [-0.2, 0) is 0 Å². The molecule has 1 fully saturated rings. The van der Waals surface area contributed by atoms with Crippen LogP contribution in [0.4, 0.5) is 0 Å². The molecule has 1 aliphatic carbocycles. The Balaban J connectivity index is 2.44. The van der Waals surface area contributed by atoms with Crippen molar-refractivity contribution in [1.82, 2.24) is 5.32 Å². The van der Waals surface area contributed by atoms with Crippen molar-refractivity contribution in [3.05, 3.63) is 0 Å². The van der Waals surface area contributed by atoms with Crippen LogP contribution >= 0.6 is 0 Å². The fourth-order valence-corrected chi connectivity index (χ4v) is 1.83. The van der Waals surface area contributed by atoms with Crippen LogP contribution in [0.25, 0.3) is 0 Å². The van der Waals surface area contributed by atoms with Gasteiger partial charge in [0.25, 0.3) is 0 Å². The van der Waals surface area contributed by atoms with Gasteiger partial charge < -0.3 is 5.32 Å². The van der Waals surface area contributed by atoms with E-state index in [0.717, 1.165) is 18.5 Å². The minimum absolute atomic E-state index is 0.442. The van der Waals surface area contributed by atoms with Gasteiger partial charge in [0.2, 0.25) is 0 Å². The first-order valence-corrected chi connectivity index (χ1v) is 4.79. The monoisotopic (exact) mass is 155 g/mol. The van der Waals surface area contributed by atoms with Gasteiger partial charge in [-0.15, -0.1) is 0 Å². The summed E-state index contributed by atoms with van der Waals surface area (Å²) in [5.41, 5.74) is 0.442. The first kappa shape index (κ1) is 9.05. The Morgan fingerprint density at radius 1 is 1.36 bits per heavy atom. The molecular weight excluding hydrogens is 134 g/mol. The highest BCUT2D eigenvalue weighted by atomic mass is 14.9. The SMILES string of the molecule is CCNC(C1CC1)C(C)(C)C. The van der Waals surface area contributed by atoms with E-state index >= 15 is 0 Å². The molecule has 0 aliphatic heterocycles. The second-order valence-electron chi connectivity index (χ2n) is 4.74. The lowest BCUT2D eigenvalue weighted by Gasteiger charge is -2.31. The van der Waals surface area contributed by atoms with Crippen molar-refractivity contribution in [2.75, 3.05) is 6.54 Å². The van der Waals surface area contributed by atoms with E-state index in [1.165, 1.54) is 12.8 Å². The lowest BCUT2D eigenvalue weighted by Crippen LogP contribution is -2.41. The van der Waals surface area contributed by atoms with Crippen LogP contribution in [0.15, 0.2) is 0 Å². The topological polar surface area (TPSA) is 12.0 Å². The van der Waals surface area contributed by atoms with Gasteiger partial charge in [-0.05, 0) is 30.7 Å². The zero-order chi connectivity index (χ0) is 8.48. The number of hydrogen-bond acceptors (Lipinski definition) is 1. The lowest BCUT2D eigenvalue weighted by molar-refractivity contribution is 0.245. The van der Waals surface area contributed by atoms with E-state index < -0.39 is 0 Å². The fourth-order valence-electron chi connectivity index (χ4n) is 1.83. The number of rotatable bonds is 3. The van der Waals surface area contributed by atoms with E-state index in [1.54, 1.807) is 0 Å². The van der Waals surface area contributed by atoms with Crippen molar-refractivity contribution in [2.24, 2.45) is 11.3 Å². The summed E-state index contributed by atoms with van der Waals surface area (Å²) in [6, 6.07) is 0.743. The molecule has 0 aromatic heterocycles. The molecule has 1 saturated carbocycles. The Morgan fingerprint density at radius 3 is 2.18 bits per heavy atom. The van der Waals surface area contributed by atoms with Crippen LogP contribution in [0.3, 0.4) is 0 Å². The molecule has 0 bridgehead atoms. The summed E-state index contributed by atoms with van der Waals surface area (Å²) in [6.45, 7) is 10.3. The summed E-state index contributed by atoms with van der Waals surface area (Å²) in [4.78, 5) is 0. The zero-order valence-corrected chi connectivity index (χ0v) is 8.28. The summed E-state index contributed by atoms with van der Waals surface area (Å²) < 4.78 is 0. The lowest BCUT2D eigenvalue weighted by atomic mass is 9.84. The van der Waals surface area contributed by atoms with Gasteiger partial charge in [-0.25, -0.2) is 0 Å². The van der Waals surface area contributed by atoms with Gasteiger partial charge in [0.05, 0.1) is 0 Å². The molecule has 1 atom stereocenters. The van der Waals surface area contributed by atoms with Crippen LogP contribution in [0.5, 0.6) is 0 Å². The Morgan fingerprint density at radius 2 is 1.91 bits per heavy atom. The van der Waals surface area contributed by atoms with Gasteiger partial charge in [-0.1, -0.05) is 27.7 Å². The highest BCUT2D eigenvalue weighted by Crippen LogP contribution is 2.40. The Kier molecular flexibility index (Phi) is 2.58.